The van der Waals surface area contributed by atoms with Gasteiger partial charge < -0.3 is 47.4 Å². The molecular weight excluding hydrogens is 913 g/mol. The van der Waals surface area contributed by atoms with Crippen LogP contribution in [-0.4, -0.2) is 158 Å². The van der Waals surface area contributed by atoms with E-state index in [0.29, 0.717) is 0 Å². The Bertz CT molecular complexity index is 2260. The van der Waals surface area contributed by atoms with Crippen LogP contribution in [0.5, 0.6) is 23.0 Å². The number of hydrogen-bond donors (Lipinski definition) is 4. The van der Waals surface area contributed by atoms with Crippen LogP contribution in [0.25, 0.3) is 21.5 Å². The van der Waals surface area contributed by atoms with Gasteiger partial charge in [-0.15, -0.1) is 0 Å². The largest absolute Gasteiger partial charge is 0.490 e. The second-order valence-electron chi connectivity index (χ2n) is 12.7. The summed E-state index contributed by atoms with van der Waals surface area (Å²) in [5.41, 5.74) is 0. The lowest BCUT2D eigenvalue weighted by atomic mass is 10.1. The zero-order valence-corrected chi connectivity index (χ0v) is 36.0. The van der Waals surface area contributed by atoms with Gasteiger partial charge in [0.15, 0.2) is 0 Å². The fraction of sp³-hybridized carbons (Fsp3) is 0.444. The summed E-state index contributed by atoms with van der Waals surface area (Å²) >= 11 is 0. The molecule has 0 amide bonds. The van der Waals surface area contributed by atoms with Crippen molar-refractivity contribution >= 4 is 62.0 Å². The van der Waals surface area contributed by atoms with Crippen molar-refractivity contribution < 1.29 is 99.3 Å². The first-order valence-electron chi connectivity index (χ1n) is 18.5. The van der Waals surface area contributed by atoms with Crippen molar-refractivity contribution in [1.82, 2.24) is 0 Å². The molecule has 0 saturated carbocycles. The Balaban J connectivity index is 1.28. The number of ether oxygens (including phenoxy) is 10. The van der Waals surface area contributed by atoms with E-state index in [1.165, 1.54) is 0 Å². The summed E-state index contributed by atoms with van der Waals surface area (Å²) < 4.78 is 195. The van der Waals surface area contributed by atoms with Crippen molar-refractivity contribution in [3.8, 4) is 23.0 Å². The Kier molecular flexibility index (Phi) is 17.4. The van der Waals surface area contributed by atoms with E-state index in [4.69, 9.17) is 47.4 Å². The van der Waals surface area contributed by atoms with Gasteiger partial charge in [-0.3, -0.25) is 18.2 Å². The molecule has 4 aromatic carbocycles. The Hall–Kier alpha value is -4.00. The number of benzene rings is 4. The molecule has 0 saturated heterocycles. The van der Waals surface area contributed by atoms with E-state index in [-0.39, 0.29) is 150 Å². The van der Waals surface area contributed by atoms with Gasteiger partial charge in [-0.1, -0.05) is 0 Å². The molecule has 0 unspecified atom stereocenters. The lowest BCUT2D eigenvalue weighted by Crippen LogP contribution is -2.15. The van der Waals surface area contributed by atoms with Crippen molar-refractivity contribution in [2.75, 3.05) is 106 Å². The molecule has 0 spiro atoms. The standard InChI is InChI=1S/C36H44O22S4/c37-59(38,39)29-5-1-25-33-30(60(40,41)42)6-2-26(34(29)33)56-22-18-52-14-11-50-12-16-54-20-24-58-28-4-8-31(61(43,44)45)35-27(3-7-32(36(28)35)62(46,47)48)57-23-19-53-15-10-49-9-13-51-17-21-55-25/h1-8H,9-24H2,(H,37,38,39)(H,40,41,42)(H,43,44,45)(H,46,47,48). The SMILES string of the molecule is O=S(=O)(O)c1ccc2c3c(S(=O)(=O)O)ccc(c13)OCCOCCOCCOCCOc1ccc(S(=O)(=O)O)c3c(ccc(S(=O)(=O)O)c13)OCCOCCOCCOCCO2. The molecule has 5 rings (SSSR count). The van der Waals surface area contributed by atoms with Crippen LogP contribution in [0.2, 0.25) is 0 Å². The maximum absolute atomic E-state index is 12.4. The summed E-state index contributed by atoms with van der Waals surface area (Å²) in [7, 11) is -19.8. The lowest BCUT2D eigenvalue weighted by molar-refractivity contribution is 0.00498. The summed E-state index contributed by atoms with van der Waals surface area (Å²) in [6, 6.07) is 8.44. The van der Waals surface area contributed by atoms with Gasteiger partial charge in [-0.25, -0.2) is 0 Å². The first-order valence-corrected chi connectivity index (χ1v) is 24.2. The zero-order valence-electron chi connectivity index (χ0n) is 32.7. The molecule has 0 aliphatic carbocycles. The Morgan fingerprint density at radius 2 is 0.435 bits per heavy atom. The molecule has 4 N–H and O–H groups in total. The molecule has 8 bridgehead atoms. The second-order valence-corrected chi connectivity index (χ2v) is 18.3. The molecule has 4 aromatic rings. The smallest absolute Gasteiger partial charge is 0.295 e. The van der Waals surface area contributed by atoms with Crippen molar-refractivity contribution in [3.63, 3.8) is 0 Å². The van der Waals surface area contributed by atoms with Crippen LogP contribution in [-0.2, 0) is 68.9 Å². The molecule has 0 radical (unpaired) electrons. The van der Waals surface area contributed by atoms with Crippen LogP contribution in [0.3, 0.4) is 0 Å². The normalized spacial score (nSPS) is 17.6. The molecule has 62 heavy (non-hydrogen) atoms. The van der Waals surface area contributed by atoms with Gasteiger partial charge in [0.1, 0.15) is 69.0 Å². The first kappa shape index (κ1) is 49.0. The van der Waals surface area contributed by atoms with Crippen LogP contribution >= 0.6 is 0 Å². The fourth-order valence-corrected chi connectivity index (χ4v) is 8.81. The monoisotopic (exact) mass is 956 g/mol. The predicted molar refractivity (Wildman–Crippen MR) is 214 cm³/mol. The van der Waals surface area contributed by atoms with Gasteiger partial charge in [0.25, 0.3) is 40.5 Å². The Morgan fingerprint density at radius 3 is 0.597 bits per heavy atom. The van der Waals surface area contributed by atoms with Gasteiger partial charge in [-0.2, -0.15) is 33.7 Å². The predicted octanol–water partition coefficient (Wildman–Crippen LogP) is 2.31. The lowest BCUT2D eigenvalue weighted by Gasteiger charge is -2.17. The van der Waals surface area contributed by atoms with E-state index >= 15 is 0 Å². The molecule has 344 valence electrons. The van der Waals surface area contributed by atoms with Crippen molar-refractivity contribution in [2.24, 2.45) is 0 Å². The third kappa shape index (κ3) is 13.5. The molecule has 22 nitrogen and oxygen atoms in total. The summed E-state index contributed by atoms with van der Waals surface area (Å²) in [6.45, 7) is -0.101. The first-order chi connectivity index (χ1) is 29.4. The highest BCUT2D eigenvalue weighted by Crippen LogP contribution is 2.43. The molecule has 0 aromatic heterocycles. The molecular formula is C36H44O22S4. The molecule has 0 atom stereocenters. The molecule has 1 aliphatic rings. The topological polar surface area (TPSA) is 310 Å². The maximum atomic E-state index is 12.4. The van der Waals surface area contributed by atoms with Crippen LogP contribution < -0.4 is 18.9 Å². The average molecular weight is 957 g/mol. The molecule has 26 heteroatoms. The fourth-order valence-electron chi connectivity index (χ4n) is 6.01. The maximum Gasteiger partial charge on any atom is 0.295 e. The van der Waals surface area contributed by atoms with Gasteiger partial charge in [0, 0.05) is 21.5 Å². The highest BCUT2D eigenvalue weighted by atomic mass is 32.2. The van der Waals surface area contributed by atoms with E-state index in [1.54, 1.807) is 0 Å². The van der Waals surface area contributed by atoms with Gasteiger partial charge in [-0.05, 0) is 48.5 Å². The van der Waals surface area contributed by atoms with E-state index in [9.17, 15) is 51.9 Å². The number of rotatable bonds is 4. The minimum Gasteiger partial charge on any atom is -0.490 e. The van der Waals surface area contributed by atoms with Crippen LogP contribution in [0.4, 0.5) is 0 Å². The highest BCUT2D eigenvalue weighted by Gasteiger charge is 2.28. The average Bonchev–Trinajstić information content (AvgIpc) is 3.19. The Morgan fingerprint density at radius 1 is 0.274 bits per heavy atom. The van der Waals surface area contributed by atoms with Crippen molar-refractivity contribution in [1.29, 1.82) is 0 Å². The molecule has 1 aliphatic heterocycles. The highest BCUT2D eigenvalue weighted by molar-refractivity contribution is 7.87. The van der Waals surface area contributed by atoms with Crippen LogP contribution in [0.15, 0.2) is 68.1 Å². The van der Waals surface area contributed by atoms with Crippen LogP contribution in [0.1, 0.15) is 0 Å². The van der Waals surface area contributed by atoms with E-state index in [2.05, 4.69) is 0 Å². The van der Waals surface area contributed by atoms with E-state index < -0.39 is 60.1 Å². The third-order valence-corrected chi connectivity index (χ3v) is 12.1. The zero-order chi connectivity index (χ0) is 45.0. The summed E-state index contributed by atoms with van der Waals surface area (Å²) in [5, 5.41) is -1.47. The third-order valence-electron chi connectivity index (χ3n) is 8.56. The van der Waals surface area contributed by atoms with E-state index in [1.807, 2.05) is 0 Å². The van der Waals surface area contributed by atoms with Gasteiger partial charge in [0.05, 0.1) is 79.3 Å². The quantitative estimate of drug-likeness (QED) is 0.213. The Labute approximate surface area is 356 Å². The number of hydrogen-bond acceptors (Lipinski definition) is 18. The van der Waals surface area contributed by atoms with Gasteiger partial charge >= 0.3 is 0 Å². The van der Waals surface area contributed by atoms with Crippen LogP contribution in [0, 0.1) is 0 Å². The van der Waals surface area contributed by atoms with Crippen molar-refractivity contribution in [3.05, 3.63) is 48.5 Å². The van der Waals surface area contributed by atoms with E-state index in [0.717, 1.165) is 48.5 Å². The minimum atomic E-state index is -4.95. The summed E-state index contributed by atoms with van der Waals surface area (Å²) in [4.78, 5) is -2.82. The molecule has 1 heterocycles. The van der Waals surface area contributed by atoms with Crippen molar-refractivity contribution in [2.45, 2.75) is 19.6 Å². The summed E-state index contributed by atoms with van der Waals surface area (Å²) in [5.74, 6) is -0.665. The van der Waals surface area contributed by atoms with Gasteiger partial charge in [0.2, 0.25) is 0 Å². The minimum absolute atomic E-state index is 0.0446. The summed E-state index contributed by atoms with van der Waals surface area (Å²) in [6.07, 6.45) is 0. The second kappa shape index (κ2) is 22.1. The molecule has 0 fully saturated rings.